The van der Waals surface area contributed by atoms with Gasteiger partial charge in [-0.3, -0.25) is 4.79 Å². The van der Waals surface area contributed by atoms with Gasteiger partial charge in [0.05, 0.1) is 0 Å². The zero-order valence-corrected chi connectivity index (χ0v) is 13.8. The summed E-state index contributed by atoms with van der Waals surface area (Å²) in [4.78, 5) is 11.9. The zero-order chi connectivity index (χ0) is 16.7. The van der Waals surface area contributed by atoms with Crippen LogP contribution in [0.1, 0.15) is 11.1 Å². The number of carbonyl (C=O) groups is 1. The minimum atomic E-state index is -0.218. The second-order valence-electron chi connectivity index (χ2n) is 4.91. The minimum Gasteiger partial charge on any atom is -0.468 e. The number of hydrogen-bond donors (Lipinski definition) is 1. The Hall–Kier alpha value is -2.30. The van der Waals surface area contributed by atoms with Gasteiger partial charge in [0.25, 0.3) is 0 Å². The van der Waals surface area contributed by atoms with Gasteiger partial charge in [0.2, 0.25) is 5.91 Å². The van der Waals surface area contributed by atoms with Crippen molar-refractivity contribution in [3.8, 4) is 5.75 Å². The Bertz CT molecular complexity index is 696. The van der Waals surface area contributed by atoms with Gasteiger partial charge in [0, 0.05) is 23.9 Å². The van der Waals surface area contributed by atoms with E-state index in [2.05, 4.69) is 5.32 Å². The van der Waals surface area contributed by atoms with Crippen LogP contribution in [-0.2, 0) is 9.53 Å². The molecule has 0 fully saturated rings. The number of anilines is 1. The van der Waals surface area contributed by atoms with Gasteiger partial charge in [-0.15, -0.1) is 0 Å². The molecular weight excluding hydrogens is 314 g/mol. The summed E-state index contributed by atoms with van der Waals surface area (Å²) < 4.78 is 10.1. The Morgan fingerprint density at radius 2 is 1.96 bits per heavy atom. The van der Waals surface area contributed by atoms with Gasteiger partial charge in [0.1, 0.15) is 5.75 Å². The van der Waals surface area contributed by atoms with Gasteiger partial charge in [-0.1, -0.05) is 29.8 Å². The summed E-state index contributed by atoms with van der Waals surface area (Å²) in [6.07, 6.45) is 3.20. The Kier molecular flexibility index (Phi) is 6.20. The van der Waals surface area contributed by atoms with Crippen LogP contribution in [-0.4, -0.2) is 19.8 Å². The Labute approximate surface area is 140 Å². The van der Waals surface area contributed by atoms with E-state index >= 15 is 0 Å². The van der Waals surface area contributed by atoms with Gasteiger partial charge in [-0.2, -0.15) is 0 Å². The average molecular weight is 332 g/mol. The summed E-state index contributed by atoms with van der Waals surface area (Å²) in [5.74, 6) is 0.493. The summed E-state index contributed by atoms with van der Waals surface area (Å²) in [6, 6.07) is 12.8. The molecule has 4 nitrogen and oxygen atoms in total. The van der Waals surface area contributed by atoms with Gasteiger partial charge >= 0.3 is 0 Å². The highest BCUT2D eigenvalue weighted by Gasteiger charge is 2.01. The monoisotopic (exact) mass is 331 g/mol. The molecule has 5 heteroatoms. The van der Waals surface area contributed by atoms with Gasteiger partial charge < -0.3 is 14.8 Å². The van der Waals surface area contributed by atoms with E-state index in [1.807, 2.05) is 43.3 Å². The number of methoxy groups -OCH3 is 1. The van der Waals surface area contributed by atoms with Crippen LogP contribution >= 0.6 is 11.6 Å². The normalized spacial score (nSPS) is 10.7. The third-order valence-corrected chi connectivity index (χ3v) is 3.50. The summed E-state index contributed by atoms with van der Waals surface area (Å²) in [7, 11) is 1.57. The molecule has 0 radical (unpaired) electrons. The first-order valence-electron chi connectivity index (χ1n) is 7.05. The van der Waals surface area contributed by atoms with E-state index < -0.39 is 0 Å². The lowest BCUT2D eigenvalue weighted by Crippen LogP contribution is -2.07. The van der Waals surface area contributed by atoms with E-state index in [9.17, 15) is 4.79 Å². The summed E-state index contributed by atoms with van der Waals surface area (Å²) in [6.45, 7) is 2.12. The molecule has 0 heterocycles. The fraction of sp³-hybridized carbons (Fsp3) is 0.167. The van der Waals surface area contributed by atoms with Crippen LogP contribution in [0.3, 0.4) is 0 Å². The highest BCUT2D eigenvalue weighted by Crippen LogP contribution is 2.20. The number of nitrogens with one attached hydrogen (secondary N) is 1. The predicted octanol–water partition coefficient (Wildman–Crippen LogP) is 4.28. The predicted molar refractivity (Wildman–Crippen MR) is 92.8 cm³/mol. The molecule has 0 saturated heterocycles. The molecule has 0 aromatic heterocycles. The number of hydrogen-bond acceptors (Lipinski definition) is 3. The number of amides is 1. The summed E-state index contributed by atoms with van der Waals surface area (Å²) >= 11 is 6.03. The Morgan fingerprint density at radius 3 is 2.61 bits per heavy atom. The van der Waals surface area contributed by atoms with Crippen molar-refractivity contribution in [2.24, 2.45) is 0 Å². The molecule has 120 valence electrons. The van der Waals surface area contributed by atoms with Gasteiger partial charge in [-0.05, 0) is 48.4 Å². The van der Waals surface area contributed by atoms with Crippen molar-refractivity contribution in [1.29, 1.82) is 0 Å². The number of ether oxygens (including phenoxy) is 2. The average Bonchev–Trinajstić information content (AvgIpc) is 2.55. The van der Waals surface area contributed by atoms with Crippen LogP contribution in [0.2, 0.25) is 5.02 Å². The molecule has 1 N–H and O–H groups in total. The van der Waals surface area contributed by atoms with Gasteiger partial charge in [0.15, 0.2) is 6.79 Å². The summed E-state index contributed by atoms with van der Waals surface area (Å²) in [5.41, 5.74) is 2.53. The fourth-order valence-electron chi connectivity index (χ4n) is 1.83. The number of carbonyl (C=O) groups excluding carboxylic acids is 1. The lowest BCUT2D eigenvalue weighted by molar-refractivity contribution is -0.111. The highest BCUT2D eigenvalue weighted by atomic mass is 35.5. The molecule has 0 aliphatic carbocycles. The molecular formula is C18H18ClNO3. The van der Waals surface area contributed by atoms with Crippen molar-refractivity contribution in [2.75, 3.05) is 19.2 Å². The van der Waals surface area contributed by atoms with E-state index in [-0.39, 0.29) is 12.7 Å². The topological polar surface area (TPSA) is 47.6 Å². The number of halogens is 1. The number of benzene rings is 2. The van der Waals surface area contributed by atoms with Crippen LogP contribution in [0.5, 0.6) is 5.75 Å². The lowest BCUT2D eigenvalue weighted by Gasteiger charge is -2.05. The second kappa shape index (κ2) is 8.36. The maximum absolute atomic E-state index is 11.9. The van der Waals surface area contributed by atoms with E-state index in [1.54, 1.807) is 19.3 Å². The highest BCUT2D eigenvalue weighted by molar-refractivity contribution is 6.31. The van der Waals surface area contributed by atoms with Crippen molar-refractivity contribution in [3.63, 3.8) is 0 Å². The van der Waals surface area contributed by atoms with E-state index in [1.165, 1.54) is 6.08 Å². The molecule has 1 amide bonds. The van der Waals surface area contributed by atoms with Crippen molar-refractivity contribution in [1.82, 2.24) is 0 Å². The largest absolute Gasteiger partial charge is 0.468 e. The third kappa shape index (κ3) is 5.43. The molecule has 0 saturated carbocycles. The molecule has 23 heavy (non-hydrogen) atoms. The zero-order valence-electron chi connectivity index (χ0n) is 13.0. The first kappa shape index (κ1) is 17.1. The SMILES string of the molecule is COCOc1ccc(/C=C/C(=O)Nc2ccc(C)c(Cl)c2)cc1. The number of rotatable bonds is 6. The molecule has 2 aromatic rings. The first-order valence-corrected chi connectivity index (χ1v) is 7.43. The fourth-order valence-corrected chi connectivity index (χ4v) is 2.01. The quantitative estimate of drug-likeness (QED) is 0.634. The van der Waals surface area contributed by atoms with E-state index in [0.717, 1.165) is 11.1 Å². The van der Waals surface area contributed by atoms with E-state index in [4.69, 9.17) is 21.1 Å². The molecule has 0 unspecified atom stereocenters. The van der Waals surface area contributed by atoms with E-state index in [0.29, 0.717) is 16.5 Å². The molecule has 0 spiro atoms. The van der Waals surface area contributed by atoms with Crippen LogP contribution in [0.25, 0.3) is 6.08 Å². The molecule has 2 aromatic carbocycles. The Morgan fingerprint density at radius 1 is 1.22 bits per heavy atom. The lowest BCUT2D eigenvalue weighted by atomic mass is 10.2. The second-order valence-corrected chi connectivity index (χ2v) is 5.31. The number of aryl methyl sites for hydroxylation is 1. The van der Waals surface area contributed by atoms with Crippen LogP contribution < -0.4 is 10.1 Å². The molecule has 0 aliphatic rings. The van der Waals surface area contributed by atoms with Crippen molar-refractivity contribution in [2.45, 2.75) is 6.92 Å². The molecule has 2 rings (SSSR count). The van der Waals surface area contributed by atoms with Gasteiger partial charge in [-0.25, -0.2) is 0 Å². The molecule has 0 bridgehead atoms. The minimum absolute atomic E-state index is 0.205. The van der Waals surface area contributed by atoms with Crippen molar-refractivity contribution < 1.29 is 14.3 Å². The molecule has 0 atom stereocenters. The molecule has 0 aliphatic heterocycles. The Balaban J connectivity index is 1.93. The standard InChI is InChI=1S/C18H18ClNO3/c1-13-3-7-15(11-17(13)19)20-18(21)10-6-14-4-8-16(9-5-14)23-12-22-2/h3-11H,12H2,1-2H3,(H,20,21)/b10-6+. The maximum atomic E-state index is 11.9. The van der Waals surface area contributed by atoms with Crippen LogP contribution in [0, 0.1) is 6.92 Å². The maximum Gasteiger partial charge on any atom is 0.248 e. The third-order valence-electron chi connectivity index (χ3n) is 3.09. The van der Waals surface area contributed by atoms with Crippen molar-refractivity contribution in [3.05, 3.63) is 64.7 Å². The smallest absolute Gasteiger partial charge is 0.248 e. The van der Waals surface area contributed by atoms with Crippen LogP contribution in [0.15, 0.2) is 48.5 Å². The van der Waals surface area contributed by atoms with Crippen LogP contribution in [0.4, 0.5) is 5.69 Å². The van der Waals surface area contributed by atoms with Crippen molar-refractivity contribution >= 4 is 29.3 Å². The first-order chi connectivity index (χ1) is 11.1. The summed E-state index contributed by atoms with van der Waals surface area (Å²) in [5, 5.41) is 3.39.